The molecule has 0 radical (unpaired) electrons. The number of aromatic nitrogens is 1. The Morgan fingerprint density at radius 2 is 2.10 bits per heavy atom. The lowest BCUT2D eigenvalue weighted by molar-refractivity contribution is 0.0601. The highest BCUT2D eigenvalue weighted by atomic mass is 16.5. The number of nitrogen functional groups attached to an aromatic ring is 1. The zero-order chi connectivity index (χ0) is 15.2. The number of carbonyl (C=O) groups excluding carboxylic acids is 1. The molecule has 1 heterocycles. The minimum absolute atomic E-state index is 0.399. The van der Waals surface area contributed by atoms with Crippen molar-refractivity contribution in [2.75, 3.05) is 25.3 Å². The van der Waals surface area contributed by atoms with Gasteiger partial charge in [-0.3, -0.25) is 0 Å². The van der Waals surface area contributed by atoms with E-state index >= 15 is 0 Å². The molecule has 2 rings (SSSR count). The third-order valence-corrected chi connectivity index (χ3v) is 2.97. The van der Waals surface area contributed by atoms with Crippen LogP contribution in [-0.2, 0) is 11.3 Å². The van der Waals surface area contributed by atoms with Gasteiger partial charge in [-0.2, -0.15) is 0 Å². The number of methoxy groups -OCH3 is 2. The first kappa shape index (κ1) is 14.6. The summed E-state index contributed by atoms with van der Waals surface area (Å²) in [6.45, 7) is 0.535. The van der Waals surface area contributed by atoms with Gasteiger partial charge in [0.1, 0.15) is 0 Å². The molecule has 6 nitrogen and oxygen atoms in total. The molecular weight excluding hydrogens is 270 g/mol. The molecule has 2 aromatic rings. The topological polar surface area (TPSA) is 86.5 Å². The second-order valence-corrected chi connectivity index (χ2v) is 4.35. The average Bonchev–Trinajstić information content (AvgIpc) is 2.53. The number of nitrogens with one attached hydrogen (secondary N) is 1. The fraction of sp³-hybridized carbons (Fsp3) is 0.200. The van der Waals surface area contributed by atoms with Crippen LogP contribution in [0.25, 0.3) is 0 Å². The van der Waals surface area contributed by atoms with Crippen molar-refractivity contribution < 1.29 is 14.3 Å². The summed E-state index contributed by atoms with van der Waals surface area (Å²) in [6.07, 6.45) is 1.67. The molecule has 0 saturated heterocycles. The number of nitrogens with two attached hydrogens (primary N) is 1. The van der Waals surface area contributed by atoms with Crippen LogP contribution in [0.15, 0.2) is 36.5 Å². The molecule has 0 amide bonds. The quantitative estimate of drug-likeness (QED) is 0.646. The van der Waals surface area contributed by atoms with E-state index in [-0.39, 0.29) is 0 Å². The van der Waals surface area contributed by atoms with Gasteiger partial charge >= 0.3 is 5.97 Å². The predicted molar refractivity (Wildman–Crippen MR) is 80.3 cm³/mol. The lowest BCUT2D eigenvalue weighted by Gasteiger charge is -2.11. The molecule has 1 aromatic carbocycles. The van der Waals surface area contributed by atoms with Crippen LogP contribution in [0.2, 0.25) is 0 Å². The Labute approximate surface area is 122 Å². The fourth-order valence-corrected chi connectivity index (χ4v) is 1.82. The van der Waals surface area contributed by atoms with Crippen molar-refractivity contribution in [2.24, 2.45) is 0 Å². The number of pyridine rings is 1. The summed E-state index contributed by atoms with van der Waals surface area (Å²) >= 11 is 0. The minimum Gasteiger partial charge on any atom is -0.481 e. The van der Waals surface area contributed by atoms with E-state index in [1.54, 1.807) is 31.5 Å². The highest BCUT2D eigenvalue weighted by Gasteiger charge is 2.08. The molecule has 110 valence electrons. The molecule has 0 saturated carbocycles. The van der Waals surface area contributed by atoms with Gasteiger partial charge in [0.05, 0.1) is 31.2 Å². The molecule has 0 bridgehead atoms. The molecule has 3 N–H and O–H groups in total. The minimum atomic E-state index is -0.399. The van der Waals surface area contributed by atoms with E-state index in [4.69, 9.17) is 15.2 Å². The summed E-state index contributed by atoms with van der Waals surface area (Å²) in [5, 5.41) is 3.18. The first-order chi connectivity index (χ1) is 10.1. The zero-order valence-corrected chi connectivity index (χ0v) is 11.9. The maximum absolute atomic E-state index is 11.5. The molecule has 0 aliphatic heterocycles. The van der Waals surface area contributed by atoms with Crippen molar-refractivity contribution in [1.29, 1.82) is 0 Å². The number of anilines is 2. The van der Waals surface area contributed by atoms with Crippen LogP contribution in [0.5, 0.6) is 5.88 Å². The van der Waals surface area contributed by atoms with Gasteiger partial charge in [0.25, 0.3) is 0 Å². The number of nitrogens with zero attached hydrogens (tertiary/aromatic N) is 1. The van der Waals surface area contributed by atoms with Gasteiger partial charge in [0.2, 0.25) is 5.88 Å². The van der Waals surface area contributed by atoms with E-state index in [0.29, 0.717) is 29.4 Å². The van der Waals surface area contributed by atoms with Crippen LogP contribution in [0.3, 0.4) is 0 Å². The Morgan fingerprint density at radius 1 is 1.29 bits per heavy atom. The Balaban J connectivity index is 2.13. The van der Waals surface area contributed by atoms with E-state index in [1.807, 2.05) is 12.1 Å². The third-order valence-electron chi connectivity index (χ3n) is 2.97. The zero-order valence-electron chi connectivity index (χ0n) is 11.9. The maximum Gasteiger partial charge on any atom is 0.337 e. The smallest absolute Gasteiger partial charge is 0.337 e. The van der Waals surface area contributed by atoms with Gasteiger partial charge in [0, 0.05) is 18.8 Å². The summed E-state index contributed by atoms with van der Waals surface area (Å²) in [5.74, 6) is 0.147. The van der Waals surface area contributed by atoms with E-state index in [1.165, 1.54) is 7.11 Å². The van der Waals surface area contributed by atoms with Gasteiger partial charge in [0.15, 0.2) is 0 Å². The molecule has 6 heteroatoms. The van der Waals surface area contributed by atoms with Crippen molar-refractivity contribution in [1.82, 2.24) is 4.98 Å². The number of esters is 1. The second-order valence-electron chi connectivity index (χ2n) is 4.35. The molecule has 1 aromatic heterocycles. The average molecular weight is 287 g/mol. The SMILES string of the molecule is COC(=O)c1ccc(N)c(NCc2ccnc(OC)c2)c1. The highest BCUT2D eigenvalue weighted by Crippen LogP contribution is 2.21. The van der Waals surface area contributed by atoms with Crippen molar-refractivity contribution in [3.05, 3.63) is 47.7 Å². The summed E-state index contributed by atoms with van der Waals surface area (Å²) < 4.78 is 9.76. The van der Waals surface area contributed by atoms with Crippen LogP contribution < -0.4 is 15.8 Å². The van der Waals surface area contributed by atoms with E-state index in [2.05, 4.69) is 10.3 Å². The number of benzene rings is 1. The monoisotopic (exact) mass is 287 g/mol. The van der Waals surface area contributed by atoms with Crippen molar-refractivity contribution in [3.63, 3.8) is 0 Å². The largest absolute Gasteiger partial charge is 0.481 e. The molecule has 0 aliphatic rings. The Kier molecular flexibility index (Phi) is 4.61. The third kappa shape index (κ3) is 3.62. The van der Waals surface area contributed by atoms with E-state index in [9.17, 15) is 4.79 Å². The fourth-order valence-electron chi connectivity index (χ4n) is 1.82. The number of ether oxygens (including phenoxy) is 2. The van der Waals surface area contributed by atoms with Gasteiger partial charge in [-0.25, -0.2) is 9.78 Å². The van der Waals surface area contributed by atoms with Crippen LogP contribution in [-0.4, -0.2) is 25.2 Å². The van der Waals surface area contributed by atoms with Crippen LogP contribution >= 0.6 is 0 Å². The van der Waals surface area contributed by atoms with Gasteiger partial charge in [-0.1, -0.05) is 0 Å². The number of rotatable bonds is 5. The first-order valence-electron chi connectivity index (χ1n) is 6.34. The molecule has 21 heavy (non-hydrogen) atoms. The Bertz CT molecular complexity index is 644. The Hall–Kier alpha value is -2.76. The molecule has 0 unspecified atom stereocenters. The molecular formula is C15H17N3O3. The molecule has 0 fully saturated rings. The molecule has 0 spiro atoms. The van der Waals surface area contributed by atoms with Crippen LogP contribution in [0.4, 0.5) is 11.4 Å². The van der Waals surface area contributed by atoms with Gasteiger partial charge in [-0.15, -0.1) is 0 Å². The number of carbonyl (C=O) groups is 1. The number of hydrogen-bond donors (Lipinski definition) is 2. The van der Waals surface area contributed by atoms with Gasteiger partial charge < -0.3 is 20.5 Å². The Morgan fingerprint density at radius 3 is 2.81 bits per heavy atom. The van der Waals surface area contributed by atoms with E-state index in [0.717, 1.165) is 5.56 Å². The second kappa shape index (κ2) is 6.60. The molecule has 0 atom stereocenters. The predicted octanol–water partition coefficient (Wildman–Crippen LogP) is 2.07. The lowest BCUT2D eigenvalue weighted by Crippen LogP contribution is -2.06. The van der Waals surface area contributed by atoms with Crippen molar-refractivity contribution in [3.8, 4) is 5.88 Å². The summed E-state index contributed by atoms with van der Waals surface area (Å²) in [7, 11) is 2.91. The van der Waals surface area contributed by atoms with Crippen molar-refractivity contribution >= 4 is 17.3 Å². The maximum atomic E-state index is 11.5. The summed E-state index contributed by atoms with van der Waals surface area (Å²) in [4.78, 5) is 15.6. The van der Waals surface area contributed by atoms with Gasteiger partial charge in [-0.05, 0) is 29.8 Å². The van der Waals surface area contributed by atoms with Crippen LogP contribution in [0.1, 0.15) is 15.9 Å². The van der Waals surface area contributed by atoms with E-state index < -0.39 is 5.97 Å². The number of hydrogen-bond acceptors (Lipinski definition) is 6. The standard InChI is InChI=1S/C15H17N3O3/c1-20-14-7-10(5-6-17-14)9-18-13-8-11(15(19)21-2)3-4-12(13)16/h3-8,18H,9,16H2,1-2H3. The first-order valence-corrected chi connectivity index (χ1v) is 6.34. The van der Waals surface area contributed by atoms with Crippen molar-refractivity contribution in [2.45, 2.75) is 6.54 Å². The lowest BCUT2D eigenvalue weighted by atomic mass is 10.1. The van der Waals surface area contributed by atoms with Crippen LogP contribution in [0, 0.1) is 0 Å². The summed E-state index contributed by atoms with van der Waals surface area (Å²) in [5.41, 5.74) is 8.57. The summed E-state index contributed by atoms with van der Waals surface area (Å²) in [6, 6.07) is 8.66. The highest BCUT2D eigenvalue weighted by molar-refractivity contribution is 5.91. The normalized spacial score (nSPS) is 10.0. The molecule has 0 aliphatic carbocycles.